The van der Waals surface area contributed by atoms with E-state index in [4.69, 9.17) is 9.72 Å². The van der Waals surface area contributed by atoms with E-state index in [1.165, 1.54) is 4.90 Å². The number of fused-ring (bicyclic) bond motifs is 1. The molecule has 0 bridgehead atoms. The minimum Gasteiger partial charge on any atom is -0.465 e. The first-order valence-corrected chi connectivity index (χ1v) is 14.2. The molecule has 2 aliphatic rings. The molecule has 0 radical (unpaired) electrons. The standard InChI is InChI=1S/C32H34N6O4/c1-19-16-21(18-38(17-19)31(40)41)35-30-34-15-11-26(37-30)24-7-5-14-33-28(24)42-27-20(2)9-10-22-23(27)6-4-8-25(22)36-29(39)32(3)12-13-32/h4-11,14-15,19,21H,12-13,16-18H2,1-3H3,(H,36,39)(H,40,41)(H,34,35,37)/t19-,21+/m1/s1. The van der Waals surface area contributed by atoms with Crippen molar-refractivity contribution in [2.45, 2.75) is 46.1 Å². The van der Waals surface area contributed by atoms with Gasteiger partial charge in [0.05, 0.1) is 11.3 Å². The minimum atomic E-state index is -0.921. The Labute approximate surface area is 244 Å². The molecule has 42 heavy (non-hydrogen) atoms. The summed E-state index contributed by atoms with van der Waals surface area (Å²) in [7, 11) is 0. The van der Waals surface area contributed by atoms with Crippen molar-refractivity contribution in [2.75, 3.05) is 23.7 Å². The van der Waals surface area contributed by atoms with Crippen molar-refractivity contribution in [3.8, 4) is 22.9 Å². The van der Waals surface area contributed by atoms with Crippen LogP contribution in [0.3, 0.4) is 0 Å². The third-order valence-electron chi connectivity index (χ3n) is 8.17. The summed E-state index contributed by atoms with van der Waals surface area (Å²) < 4.78 is 6.52. The third-order valence-corrected chi connectivity index (χ3v) is 8.17. The molecule has 2 atom stereocenters. The van der Waals surface area contributed by atoms with Gasteiger partial charge in [-0.15, -0.1) is 0 Å². The number of piperidine rings is 1. The number of ether oxygens (including phenoxy) is 1. The van der Waals surface area contributed by atoms with Crippen LogP contribution in [0.25, 0.3) is 22.0 Å². The number of benzene rings is 2. The van der Waals surface area contributed by atoms with Gasteiger partial charge in [0.2, 0.25) is 17.7 Å². The lowest BCUT2D eigenvalue weighted by Crippen LogP contribution is -2.47. The van der Waals surface area contributed by atoms with Crippen molar-refractivity contribution in [3.05, 3.63) is 66.5 Å². The molecule has 10 nitrogen and oxygen atoms in total. The Morgan fingerprint density at radius 3 is 2.64 bits per heavy atom. The van der Waals surface area contributed by atoms with E-state index in [0.29, 0.717) is 41.9 Å². The van der Waals surface area contributed by atoms with E-state index in [1.54, 1.807) is 18.5 Å². The summed E-state index contributed by atoms with van der Waals surface area (Å²) in [5.74, 6) is 1.72. The fourth-order valence-corrected chi connectivity index (χ4v) is 5.51. The largest absolute Gasteiger partial charge is 0.465 e. The monoisotopic (exact) mass is 566 g/mol. The van der Waals surface area contributed by atoms with E-state index in [-0.39, 0.29) is 23.3 Å². The molecule has 10 heteroatoms. The average Bonchev–Trinajstić information content (AvgIpc) is 3.73. The Bertz CT molecular complexity index is 1670. The Balaban J connectivity index is 1.29. The lowest BCUT2D eigenvalue weighted by atomic mass is 9.96. The van der Waals surface area contributed by atoms with Crippen LogP contribution in [0.15, 0.2) is 60.9 Å². The second-order valence-corrected chi connectivity index (χ2v) is 11.7. The number of carbonyl (C=O) groups is 2. The Morgan fingerprint density at radius 2 is 1.86 bits per heavy atom. The molecule has 0 unspecified atom stereocenters. The summed E-state index contributed by atoms with van der Waals surface area (Å²) in [6, 6.07) is 15.2. The average molecular weight is 567 g/mol. The summed E-state index contributed by atoms with van der Waals surface area (Å²) in [5, 5.41) is 17.7. The summed E-state index contributed by atoms with van der Waals surface area (Å²) in [5.41, 5.74) is 2.70. The maximum atomic E-state index is 12.8. The fourth-order valence-electron chi connectivity index (χ4n) is 5.51. The molecule has 216 valence electrons. The molecule has 6 rings (SSSR count). The maximum absolute atomic E-state index is 12.8. The second kappa shape index (κ2) is 10.9. The van der Waals surface area contributed by atoms with Gasteiger partial charge in [-0.2, -0.15) is 0 Å². The number of carbonyl (C=O) groups excluding carboxylic acids is 1. The highest BCUT2D eigenvalue weighted by molar-refractivity contribution is 6.06. The van der Waals surface area contributed by atoms with Gasteiger partial charge in [-0.3, -0.25) is 4.79 Å². The number of nitrogens with one attached hydrogen (secondary N) is 2. The van der Waals surface area contributed by atoms with Crippen molar-refractivity contribution in [1.82, 2.24) is 19.9 Å². The molecule has 2 aromatic heterocycles. The summed E-state index contributed by atoms with van der Waals surface area (Å²) in [6.45, 7) is 6.90. The zero-order valence-corrected chi connectivity index (χ0v) is 23.9. The van der Waals surface area contributed by atoms with Crippen LogP contribution < -0.4 is 15.4 Å². The van der Waals surface area contributed by atoms with Gasteiger partial charge in [0.1, 0.15) is 5.75 Å². The first kappa shape index (κ1) is 27.4. The number of hydrogen-bond acceptors (Lipinski definition) is 7. The number of anilines is 2. The van der Waals surface area contributed by atoms with E-state index < -0.39 is 6.09 Å². The lowest BCUT2D eigenvalue weighted by Gasteiger charge is -2.35. The van der Waals surface area contributed by atoms with E-state index in [1.807, 2.05) is 63.2 Å². The molecule has 3 N–H and O–H groups in total. The molecule has 1 aliphatic carbocycles. The van der Waals surface area contributed by atoms with Gasteiger partial charge in [0.15, 0.2) is 0 Å². The Kier molecular flexibility index (Phi) is 7.14. The van der Waals surface area contributed by atoms with E-state index in [0.717, 1.165) is 41.3 Å². The molecule has 3 heterocycles. The SMILES string of the molecule is Cc1ccc2c(NC(=O)C3(C)CC3)cccc2c1Oc1ncccc1-c1ccnc(N[C@H]2C[C@@H](C)CN(C(=O)O)C2)n1. The predicted molar refractivity (Wildman–Crippen MR) is 161 cm³/mol. The predicted octanol–water partition coefficient (Wildman–Crippen LogP) is 6.33. The first-order chi connectivity index (χ1) is 20.2. The minimum absolute atomic E-state index is 0.0385. The number of pyridine rings is 1. The Morgan fingerprint density at radius 1 is 1.02 bits per heavy atom. The van der Waals surface area contributed by atoms with Gasteiger partial charge in [0.25, 0.3) is 0 Å². The fraction of sp³-hybridized carbons (Fsp3) is 0.344. The van der Waals surface area contributed by atoms with Crippen molar-refractivity contribution in [1.29, 1.82) is 0 Å². The van der Waals surface area contributed by atoms with Crippen LogP contribution >= 0.6 is 0 Å². The molecule has 2 fully saturated rings. The number of nitrogens with zero attached hydrogens (tertiary/aromatic N) is 4. The van der Waals surface area contributed by atoms with Gasteiger partial charge in [-0.1, -0.05) is 38.1 Å². The summed E-state index contributed by atoms with van der Waals surface area (Å²) in [6.07, 6.45) is 5.05. The van der Waals surface area contributed by atoms with Crippen LogP contribution in [-0.4, -0.2) is 56.1 Å². The van der Waals surface area contributed by atoms with Crippen LogP contribution in [-0.2, 0) is 4.79 Å². The second-order valence-electron chi connectivity index (χ2n) is 11.7. The number of likely N-dealkylation sites (tertiary alicyclic amines) is 1. The third kappa shape index (κ3) is 5.57. The van der Waals surface area contributed by atoms with Crippen LogP contribution in [0.5, 0.6) is 11.6 Å². The van der Waals surface area contributed by atoms with Crippen molar-refractivity contribution in [2.24, 2.45) is 11.3 Å². The summed E-state index contributed by atoms with van der Waals surface area (Å²) >= 11 is 0. The van der Waals surface area contributed by atoms with Crippen molar-refractivity contribution < 1.29 is 19.4 Å². The van der Waals surface area contributed by atoms with Gasteiger partial charge >= 0.3 is 6.09 Å². The van der Waals surface area contributed by atoms with Crippen LogP contribution in [0.1, 0.15) is 38.7 Å². The zero-order chi connectivity index (χ0) is 29.4. The van der Waals surface area contributed by atoms with Crippen LogP contribution in [0.2, 0.25) is 0 Å². The summed E-state index contributed by atoms with van der Waals surface area (Å²) in [4.78, 5) is 39.5. The highest BCUT2D eigenvalue weighted by Gasteiger charge is 2.45. The van der Waals surface area contributed by atoms with E-state index >= 15 is 0 Å². The van der Waals surface area contributed by atoms with E-state index in [9.17, 15) is 14.7 Å². The molecule has 1 saturated heterocycles. The smallest absolute Gasteiger partial charge is 0.407 e. The zero-order valence-electron chi connectivity index (χ0n) is 23.9. The number of aromatic nitrogens is 3. The van der Waals surface area contributed by atoms with Crippen molar-refractivity contribution >= 4 is 34.4 Å². The normalized spacial score (nSPS) is 19.3. The quantitative estimate of drug-likeness (QED) is 0.237. The van der Waals surface area contributed by atoms with Crippen molar-refractivity contribution in [3.63, 3.8) is 0 Å². The number of aryl methyl sites for hydroxylation is 1. The molecule has 1 saturated carbocycles. The topological polar surface area (TPSA) is 130 Å². The highest BCUT2D eigenvalue weighted by atomic mass is 16.5. The van der Waals surface area contributed by atoms with Gasteiger partial charge in [-0.05, 0) is 61.9 Å². The molecule has 1 aliphatic heterocycles. The highest BCUT2D eigenvalue weighted by Crippen LogP contribution is 2.46. The van der Waals surface area contributed by atoms with Gasteiger partial charge < -0.3 is 25.4 Å². The lowest BCUT2D eigenvalue weighted by molar-refractivity contribution is -0.120. The Hall–Kier alpha value is -4.73. The molecular formula is C32H34N6O4. The molecule has 4 aromatic rings. The maximum Gasteiger partial charge on any atom is 0.407 e. The van der Waals surface area contributed by atoms with Gasteiger partial charge in [-0.25, -0.2) is 19.7 Å². The number of amides is 2. The molecular weight excluding hydrogens is 532 g/mol. The van der Waals surface area contributed by atoms with E-state index in [2.05, 4.69) is 20.6 Å². The number of carboxylic acid groups (broad SMARTS) is 1. The molecule has 2 amide bonds. The molecule has 0 spiro atoms. The van der Waals surface area contributed by atoms with Gasteiger partial charge in [0, 0.05) is 53.4 Å². The van der Waals surface area contributed by atoms with Crippen LogP contribution in [0.4, 0.5) is 16.4 Å². The number of rotatable bonds is 7. The van der Waals surface area contributed by atoms with Crippen LogP contribution in [0, 0.1) is 18.3 Å². The number of hydrogen-bond donors (Lipinski definition) is 3. The molecule has 2 aromatic carbocycles. The first-order valence-electron chi connectivity index (χ1n) is 14.2.